The summed E-state index contributed by atoms with van der Waals surface area (Å²) in [5.41, 5.74) is 5.72. The van der Waals surface area contributed by atoms with E-state index in [1.807, 2.05) is 0 Å². The molecule has 1 fully saturated rings. The number of hydrogen-bond acceptors (Lipinski definition) is 2. The lowest BCUT2D eigenvalue weighted by molar-refractivity contribution is 0.179. The summed E-state index contributed by atoms with van der Waals surface area (Å²) < 4.78 is 0. The Bertz CT molecular complexity index is 123. The normalized spacial score (nSPS) is 28.8. The van der Waals surface area contributed by atoms with Crippen LogP contribution in [-0.2, 0) is 0 Å². The van der Waals surface area contributed by atoms with Crippen molar-refractivity contribution in [1.82, 2.24) is 4.90 Å². The second kappa shape index (κ2) is 4.83. The first kappa shape index (κ1) is 10.0. The number of nitrogens with two attached hydrogens (primary N) is 1. The summed E-state index contributed by atoms with van der Waals surface area (Å²) in [6.07, 6.45) is 3.93. The van der Waals surface area contributed by atoms with Gasteiger partial charge in [-0.2, -0.15) is 0 Å². The summed E-state index contributed by atoms with van der Waals surface area (Å²) in [5, 5.41) is 0. The average Bonchev–Trinajstić information content (AvgIpc) is 2.01. The van der Waals surface area contributed by atoms with E-state index in [0.717, 1.165) is 12.3 Å². The molecular weight excluding hydrogens is 148 g/mol. The van der Waals surface area contributed by atoms with Gasteiger partial charge in [0.2, 0.25) is 0 Å². The molecule has 1 aliphatic rings. The Morgan fingerprint density at radius 3 is 2.92 bits per heavy atom. The van der Waals surface area contributed by atoms with Gasteiger partial charge in [-0.15, -0.1) is 0 Å². The molecule has 2 heteroatoms. The summed E-state index contributed by atoms with van der Waals surface area (Å²) >= 11 is 0. The third-order valence-corrected chi connectivity index (χ3v) is 2.64. The van der Waals surface area contributed by atoms with Crippen molar-refractivity contribution in [3.63, 3.8) is 0 Å². The summed E-state index contributed by atoms with van der Waals surface area (Å²) in [4.78, 5) is 2.55. The largest absolute Gasteiger partial charge is 0.328 e. The van der Waals surface area contributed by atoms with Gasteiger partial charge >= 0.3 is 0 Å². The molecule has 1 heterocycles. The van der Waals surface area contributed by atoms with Crippen LogP contribution in [0.25, 0.3) is 0 Å². The third kappa shape index (κ3) is 3.55. The highest BCUT2D eigenvalue weighted by Gasteiger charge is 2.15. The molecule has 0 aromatic rings. The first-order valence-electron chi connectivity index (χ1n) is 5.16. The minimum absolute atomic E-state index is 0.363. The van der Waals surface area contributed by atoms with Crippen LogP contribution >= 0.6 is 0 Å². The Labute approximate surface area is 76.1 Å². The Morgan fingerprint density at radius 2 is 2.33 bits per heavy atom. The molecule has 1 saturated heterocycles. The monoisotopic (exact) mass is 170 g/mol. The Morgan fingerprint density at radius 1 is 1.58 bits per heavy atom. The van der Waals surface area contributed by atoms with Crippen molar-refractivity contribution in [3.8, 4) is 0 Å². The highest BCUT2D eigenvalue weighted by molar-refractivity contribution is 4.70. The number of likely N-dealkylation sites (tertiary alicyclic amines) is 1. The van der Waals surface area contributed by atoms with Crippen molar-refractivity contribution in [2.75, 3.05) is 19.6 Å². The molecule has 1 aliphatic heterocycles. The Balaban J connectivity index is 2.14. The number of hydrogen-bond donors (Lipinski definition) is 1. The van der Waals surface area contributed by atoms with Gasteiger partial charge in [0.05, 0.1) is 0 Å². The Hall–Kier alpha value is -0.0800. The summed E-state index contributed by atoms with van der Waals surface area (Å²) in [6.45, 7) is 8.21. The maximum Gasteiger partial charge on any atom is 0.00226 e. The Kier molecular flexibility index (Phi) is 4.02. The van der Waals surface area contributed by atoms with Crippen LogP contribution in [-0.4, -0.2) is 30.6 Å². The van der Waals surface area contributed by atoms with Crippen molar-refractivity contribution in [2.24, 2.45) is 11.7 Å². The molecule has 12 heavy (non-hydrogen) atoms. The molecule has 2 nitrogen and oxygen atoms in total. The van der Waals surface area contributed by atoms with E-state index in [4.69, 9.17) is 5.73 Å². The quantitative estimate of drug-likeness (QED) is 0.694. The minimum Gasteiger partial charge on any atom is -0.328 e. The van der Waals surface area contributed by atoms with Gasteiger partial charge < -0.3 is 10.6 Å². The molecule has 0 aromatic heterocycles. The topological polar surface area (TPSA) is 29.3 Å². The molecule has 1 rings (SSSR count). The van der Waals surface area contributed by atoms with Gasteiger partial charge in [0.25, 0.3) is 0 Å². The molecule has 0 aromatic carbocycles. The van der Waals surface area contributed by atoms with E-state index in [1.54, 1.807) is 0 Å². The predicted molar refractivity (Wildman–Crippen MR) is 53.1 cm³/mol. The van der Waals surface area contributed by atoms with E-state index in [2.05, 4.69) is 18.7 Å². The van der Waals surface area contributed by atoms with Gasteiger partial charge in [0.15, 0.2) is 0 Å². The number of nitrogens with zero attached hydrogens (tertiary/aromatic N) is 1. The molecule has 2 atom stereocenters. The SMILES string of the molecule is C[C@H]1CCCN(CC[C@@H](C)N)C1. The second-order valence-corrected chi connectivity index (χ2v) is 4.31. The fraction of sp³-hybridized carbons (Fsp3) is 1.00. The van der Waals surface area contributed by atoms with E-state index in [0.29, 0.717) is 6.04 Å². The first-order chi connectivity index (χ1) is 5.68. The smallest absolute Gasteiger partial charge is 0.00226 e. The standard InChI is InChI=1S/C10H22N2/c1-9-4-3-6-12(8-9)7-5-10(2)11/h9-10H,3-8,11H2,1-2H3/t9-,10+/m0/s1. The van der Waals surface area contributed by atoms with Crippen LogP contribution in [0.4, 0.5) is 0 Å². The zero-order chi connectivity index (χ0) is 8.97. The average molecular weight is 170 g/mol. The first-order valence-corrected chi connectivity index (χ1v) is 5.16. The molecule has 0 spiro atoms. The molecule has 0 bridgehead atoms. The van der Waals surface area contributed by atoms with Gasteiger partial charge in [0, 0.05) is 12.6 Å². The maximum absolute atomic E-state index is 5.72. The summed E-state index contributed by atoms with van der Waals surface area (Å²) in [6, 6.07) is 0.363. The molecular formula is C10H22N2. The van der Waals surface area contributed by atoms with E-state index in [9.17, 15) is 0 Å². The molecule has 0 aliphatic carbocycles. The van der Waals surface area contributed by atoms with E-state index < -0.39 is 0 Å². The van der Waals surface area contributed by atoms with Crippen LogP contribution < -0.4 is 5.73 Å². The molecule has 72 valence electrons. The molecule has 0 unspecified atom stereocenters. The lowest BCUT2D eigenvalue weighted by Gasteiger charge is -2.31. The minimum atomic E-state index is 0.363. The van der Waals surface area contributed by atoms with Crippen LogP contribution in [0.3, 0.4) is 0 Å². The summed E-state index contributed by atoms with van der Waals surface area (Å²) in [7, 11) is 0. The molecule has 0 radical (unpaired) electrons. The predicted octanol–water partition coefficient (Wildman–Crippen LogP) is 1.46. The van der Waals surface area contributed by atoms with Crippen molar-refractivity contribution in [3.05, 3.63) is 0 Å². The van der Waals surface area contributed by atoms with E-state index >= 15 is 0 Å². The number of piperidine rings is 1. The zero-order valence-electron chi connectivity index (χ0n) is 8.42. The third-order valence-electron chi connectivity index (χ3n) is 2.64. The van der Waals surface area contributed by atoms with Gasteiger partial charge in [-0.3, -0.25) is 0 Å². The van der Waals surface area contributed by atoms with Gasteiger partial charge in [0.1, 0.15) is 0 Å². The molecule has 0 amide bonds. The van der Waals surface area contributed by atoms with Gasteiger partial charge in [-0.05, 0) is 45.2 Å². The molecule has 0 saturated carbocycles. The fourth-order valence-electron chi connectivity index (χ4n) is 1.88. The molecule has 2 N–H and O–H groups in total. The van der Waals surface area contributed by atoms with Crippen LogP contribution in [0.5, 0.6) is 0 Å². The number of rotatable bonds is 3. The highest BCUT2D eigenvalue weighted by atomic mass is 15.1. The van der Waals surface area contributed by atoms with E-state index in [1.165, 1.54) is 32.5 Å². The van der Waals surface area contributed by atoms with Gasteiger partial charge in [-0.1, -0.05) is 6.92 Å². The van der Waals surface area contributed by atoms with Crippen LogP contribution in [0.1, 0.15) is 33.1 Å². The van der Waals surface area contributed by atoms with Crippen LogP contribution in [0.2, 0.25) is 0 Å². The highest BCUT2D eigenvalue weighted by Crippen LogP contribution is 2.15. The van der Waals surface area contributed by atoms with Crippen LogP contribution in [0, 0.1) is 5.92 Å². The summed E-state index contributed by atoms with van der Waals surface area (Å²) in [5.74, 6) is 0.895. The van der Waals surface area contributed by atoms with Gasteiger partial charge in [-0.25, -0.2) is 0 Å². The van der Waals surface area contributed by atoms with Crippen molar-refractivity contribution >= 4 is 0 Å². The lowest BCUT2D eigenvalue weighted by atomic mass is 10.00. The fourth-order valence-corrected chi connectivity index (χ4v) is 1.88. The van der Waals surface area contributed by atoms with Crippen LogP contribution in [0.15, 0.2) is 0 Å². The van der Waals surface area contributed by atoms with Crippen molar-refractivity contribution < 1.29 is 0 Å². The van der Waals surface area contributed by atoms with Crippen molar-refractivity contribution in [1.29, 1.82) is 0 Å². The lowest BCUT2D eigenvalue weighted by Crippen LogP contribution is -2.36. The van der Waals surface area contributed by atoms with Crippen molar-refractivity contribution in [2.45, 2.75) is 39.2 Å². The maximum atomic E-state index is 5.72. The second-order valence-electron chi connectivity index (χ2n) is 4.31. The van der Waals surface area contributed by atoms with E-state index in [-0.39, 0.29) is 0 Å². The zero-order valence-corrected chi connectivity index (χ0v) is 8.42.